The van der Waals surface area contributed by atoms with E-state index in [9.17, 15) is 9.90 Å². The minimum absolute atomic E-state index is 0.185. The molecule has 0 aromatic carbocycles. The molecule has 1 saturated carbocycles. The predicted molar refractivity (Wildman–Crippen MR) is 70.5 cm³/mol. The second-order valence-electron chi connectivity index (χ2n) is 5.02. The van der Waals surface area contributed by atoms with Crippen molar-refractivity contribution in [2.24, 2.45) is 5.92 Å². The van der Waals surface area contributed by atoms with Crippen LogP contribution >= 0.6 is 0 Å². The van der Waals surface area contributed by atoms with Crippen molar-refractivity contribution in [2.45, 2.75) is 51.2 Å². The number of rotatable bonds is 6. The molecule has 1 aliphatic rings. The Morgan fingerprint density at radius 2 is 2.17 bits per heavy atom. The van der Waals surface area contributed by atoms with Crippen molar-refractivity contribution < 1.29 is 14.6 Å². The van der Waals surface area contributed by atoms with Gasteiger partial charge in [0.15, 0.2) is 0 Å². The summed E-state index contributed by atoms with van der Waals surface area (Å²) in [5, 5.41) is 15.1. The van der Waals surface area contributed by atoms with Crippen LogP contribution < -0.4 is 10.6 Å². The van der Waals surface area contributed by atoms with E-state index < -0.39 is 6.10 Å². The number of carbonyl (C=O) groups is 1. The highest BCUT2D eigenvalue weighted by atomic mass is 16.5. The number of amides is 2. The maximum Gasteiger partial charge on any atom is 0.315 e. The van der Waals surface area contributed by atoms with Gasteiger partial charge in [0.25, 0.3) is 0 Å². The van der Waals surface area contributed by atoms with Gasteiger partial charge in [-0.05, 0) is 18.8 Å². The molecule has 3 N–H and O–H groups in total. The molecule has 0 radical (unpaired) electrons. The number of hydrogen-bond donors (Lipinski definition) is 3. The van der Waals surface area contributed by atoms with Gasteiger partial charge in [0.05, 0.1) is 12.7 Å². The van der Waals surface area contributed by atoms with Gasteiger partial charge in [-0.2, -0.15) is 0 Å². The highest BCUT2D eigenvalue weighted by Gasteiger charge is 2.24. The molecule has 5 heteroatoms. The molecule has 0 aromatic heterocycles. The highest BCUT2D eigenvalue weighted by molar-refractivity contribution is 5.74. The molecule has 5 nitrogen and oxygen atoms in total. The van der Waals surface area contributed by atoms with Crippen molar-refractivity contribution in [1.82, 2.24) is 10.6 Å². The second-order valence-corrected chi connectivity index (χ2v) is 5.02. The minimum Gasteiger partial charge on any atom is -0.389 e. The first-order valence-corrected chi connectivity index (χ1v) is 6.88. The zero-order chi connectivity index (χ0) is 13.4. The van der Waals surface area contributed by atoms with E-state index in [2.05, 4.69) is 17.6 Å². The largest absolute Gasteiger partial charge is 0.389 e. The average molecular weight is 258 g/mol. The fraction of sp³-hybridized carbons (Fsp3) is 0.923. The quantitative estimate of drug-likeness (QED) is 0.672. The van der Waals surface area contributed by atoms with Crippen molar-refractivity contribution in [2.75, 3.05) is 20.3 Å². The van der Waals surface area contributed by atoms with Crippen LogP contribution in [0.1, 0.15) is 39.0 Å². The van der Waals surface area contributed by atoms with Crippen molar-refractivity contribution in [3.63, 3.8) is 0 Å². The van der Waals surface area contributed by atoms with Crippen molar-refractivity contribution in [3.05, 3.63) is 0 Å². The molecule has 2 amide bonds. The number of aliphatic hydroxyl groups is 1. The van der Waals surface area contributed by atoms with Crippen molar-refractivity contribution in [1.29, 1.82) is 0 Å². The van der Waals surface area contributed by atoms with Gasteiger partial charge in [-0.15, -0.1) is 0 Å². The molecular formula is C13H26N2O3. The van der Waals surface area contributed by atoms with Gasteiger partial charge >= 0.3 is 6.03 Å². The van der Waals surface area contributed by atoms with E-state index >= 15 is 0 Å². The summed E-state index contributed by atoms with van der Waals surface area (Å²) in [5.74, 6) is 0.591. The number of nitrogens with one attached hydrogen (secondary N) is 2. The molecule has 3 unspecified atom stereocenters. The first-order chi connectivity index (χ1) is 8.67. The summed E-state index contributed by atoms with van der Waals surface area (Å²) < 4.78 is 4.80. The standard InChI is InChI=1S/C13H26N2O3/c1-3-10-6-4-5-7-12(10)15-13(17)14-8-11(16)9-18-2/h10-12,16H,3-9H2,1-2H3,(H2,14,15,17). The Balaban J connectivity index is 2.25. The van der Waals surface area contributed by atoms with Gasteiger partial charge in [0.2, 0.25) is 0 Å². The summed E-state index contributed by atoms with van der Waals surface area (Å²) in [6.45, 7) is 2.63. The van der Waals surface area contributed by atoms with Crippen LogP contribution in [0.5, 0.6) is 0 Å². The van der Waals surface area contributed by atoms with Crippen LogP contribution in [0.2, 0.25) is 0 Å². The van der Waals surface area contributed by atoms with Crippen LogP contribution in [-0.2, 0) is 4.74 Å². The van der Waals surface area contributed by atoms with Crippen LogP contribution in [0, 0.1) is 5.92 Å². The number of aliphatic hydroxyl groups excluding tert-OH is 1. The first-order valence-electron chi connectivity index (χ1n) is 6.88. The lowest BCUT2D eigenvalue weighted by Crippen LogP contribution is -2.48. The van der Waals surface area contributed by atoms with Gasteiger partial charge in [0, 0.05) is 19.7 Å². The molecule has 18 heavy (non-hydrogen) atoms. The maximum absolute atomic E-state index is 11.7. The minimum atomic E-state index is -0.644. The molecule has 0 spiro atoms. The summed E-state index contributed by atoms with van der Waals surface area (Å²) in [6.07, 6.45) is 5.19. The number of hydrogen-bond acceptors (Lipinski definition) is 3. The third-order valence-electron chi connectivity index (χ3n) is 3.61. The van der Waals surface area contributed by atoms with Gasteiger partial charge < -0.3 is 20.5 Å². The van der Waals surface area contributed by atoms with Crippen LogP contribution in [-0.4, -0.2) is 43.5 Å². The molecule has 0 bridgehead atoms. The lowest BCUT2D eigenvalue weighted by Gasteiger charge is -2.31. The Labute approximate surface area is 109 Å². The number of methoxy groups -OCH3 is 1. The Bertz CT molecular complexity index is 248. The summed E-state index contributed by atoms with van der Waals surface area (Å²) in [7, 11) is 1.52. The Kier molecular flexibility index (Phi) is 7.05. The SMILES string of the molecule is CCC1CCCCC1NC(=O)NCC(O)COC. The molecule has 0 saturated heterocycles. The normalized spacial score (nSPS) is 25.5. The monoisotopic (exact) mass is 258 g/mol. The Morgan fingerprint density at radius 3 is 2.83 bits per heavy atom. The van der Waals surface area contributed by atoms with Gasteiger partial charge in [-0.1, -0.05) is 26.2 Å². The summed E-state index contributed by atoms with van der Waals surface area (Å²) >= 11 is 0. The van der Waals surface area contributed by atoms with Crippen LogP contribution in [0.3, 0.4) is 0 Å². The van der Waals surface area contributed by atoms with Crippen LogP contribution in [0.4, 0.5) is 4.79 Å². The number of ether oxygens (including phenoxy) is 1. The van der Waals surface area contributed by atoms with Crippen LogP contribution in [0.15, 0.2) is 0 Å². The molecule has 106 valence electrons. The lowest BCUT2D eigenvalue weighted by molar-refractivity contribution is 0.0657. The third kappa shape index (κ3) is 5.23. The van der Waals surface area contributed by atoms with Crippen molar-refractivity contribution in [3.8, 4) is 0 Å². The lowest BCUT2D eigenvalue weighted by atomic mass is 9.83. The Morgan fingerprint density at radius 1 is 1.44 bits per heavy atom. The molecule has 1 rings (SSSR count). The molecule has 0 aromatic rings. The fourth-order valence-corrected chi connectivity index (χ4v) is 2.57. The smallest absolute Gasteiger partial charge is 0.315 e. The summed E-state index contributed by atoms with van der Waals surface area (Å²) in [5.41, 5.74) is 0. The van der Waals surface area contributed by atoms with E-state index in [1.165, 1.54) is 26.4 Å². The summed E-state index contributed by atoms with van der Waals surface area (Å²) in [6, 6.07) is 0.0961. The van der Waals surface area contributed by atoms with E-state index in [-0.39, 0.29) is 25.2 Å². The average Bonchev–Trinajstić information content (AvgIpc) is 2.37. The van der Waals surface area contributed by atoms with E-state index in [0.29, 0.717) is 5.92 Å². The zero-order valence-corrected chi connectivity index (χ0v) is 11.4. The van der Waals surface area contributed by atoms with E-state index in [0.717, 1.165) is 12.8 Å². The highest BCUT2D eigenvalue weighted by Crippen LogP contribution is 2.26. The van der Waals surface area contributed by atoms with E-state index in [1.54, 1.807) is 0 Å². The molecule has 0 heterocycles. The molecule has 1 fully saturated rings. The maximum atomic E-state index is 11.7. The first kappa shape index (κ1) is 15.2. The van der Waals surface area contributed by atoms with Gasteiger partial charge in [-0.25, -0.2) is 4.79 Å². The number of carbonyl (C=O) groups excluding carboxylic acids is 1. The fourth-order valence-electron chi connectivity index (χ4n) is 2.57. The molecule has 3 atom stereocenters. The van der Waals surface area contributed by atoms with Gasteiger partial charge in [0.1, 0.15) is 0 Å². The number of urea groups is 1. The van der Waals surface area contributed by atoms with Gasteiger partial charge in [-0.3, -0.25) is 0 Å². The van der Waals surface area contributed by atoms with E-state index in [4.69, 9.17) is 4.74 Å². The zero-order valence-electron chi connectivity index (χ0n) is 11.4. The molecule has 1 aliphatic carbocycles. The Hall–Kier alpha value is -0.810. The second kappa shape index (κ2) is 8.32. The molecule has 0 aliphatic heterocycles. The summed E-state index contributed by atoms with van der Waals surface area (Å²) in [4.78, 5) is 11.7. The van der Waals surface area contributed by atoms with Crippen LogP contribution in [0.25, 0.3) is 0 Å². The topological polar surface area (TPSA) is 70.6 Å². The van der Waals surface area contributed by atoms with E-state index in [1.807, 2.05) is 0 Å². The predicted octanol–water partition coefficient (Wildman–Crippen LogP) is 1.26. The van der Waals surface area contributed by atoms with Crippen molar-refractivity contribution >= 4 is 6.03 Å². The third-order valence-corrected chi connectivity index (χ3v) is 3.61. The molecular weight excluding hydrogens is 232 g/mol.